The number of nitrogen functional groups attached to an aromatic ring is 1. The number of carbonyl (C=O) groups excluding carboxylic acids is 4. The van der Waals surface area contributed by atoms with Gasteiger partial charge in [-0.2, -0.15) is 4.98 Å². The number of rotatable bonds is 7. The highest BCUT2D eigenvalue weighted by molar-refractivity contribution is 6.13. The van der Waals surface area contributed by atoms with E-state index in [2.05, 4.69) is 15.0 Å². The van der Waals surface area contributed by atoms with E-state index in [0.29, 0.717) is 5.56 Å². The van der Waals surface area contributed by atoms with Crippen molar-refractivity contribution in [1.29, 1.82) is 0 Å². The molecule has 4 atom stereocenters. The lowest BCUT2D eigenvalue weighted by Crippen LogP contribution is -2.40. The van der Waals surface area contributed by atoms with E-state index in [-0.39, 0.29) is 22.8 Å². The number of fused-ring (bicyclic) bond motifs is 1. The van der Waals surface area contributed by atoms with Gasteiger partial charge in [-0.25, -0.2) is 9.97 Å². The molecule has 1 aromatic carbocycles. The number of carbonyl (C=O) groups is 4. The van der Waals surface area contributed by atoms with Crippen LogP contribution in [0.4, 0.5) is 5.95 Å². The van der Waals surface area contributed by atoms with Crippen molar-refractivity contribution in [2.24, 2.45) is 0 Å². The van der Waals surface area contributed by atoms with Crippen LogP contribution in [-0.4, -0.2) is 68.1 Å². The van der Waals surface area contributed by atoms with Gasteiger partial charge in [0.15, 0.2) is 24.1 Å². The van der Waals surface area contributed by atoms with E-state index in [1.54, 1.807) is 30.3 Å². The first-order valence-electron chi connectivity index (χ1n) is 12.6. The number of ketones is 1. The lowest BCUT2D eigenvalue weighted by Gasteiger charge is -2.23. The van der Waals surface area contributed by atoms with E-state index in [1.807, 2.05) is 0 Å². The zero-order chi connectivity index (χ0) is 28.1. The molecule has 0 aliphatic carbocycles. The average Bonchev–Trinajstić information content (AvgIpc) is 3.51. The summed E-state index contributed by atoms with van der Waals surface area (Å²) in [6.07, 6.45) is -4.05. The van der Waals surface area contributed by atoms with Crippen molar-refractivity contribution < 1.29 is 42.2 Å². The summed E-state index contributed by atoms with van der Waals surface area (Å²) in [5.41, 5.74) is 6.21. The van der Waals surface area contributed by atoms with Crippen molar-refractivity contribution in [1.82, 2.24) is 19.5 Å². The maximum absolute atomic E-state index is 13.2. The molecule has 1 aliphatic heterocycles. The summed E-state index contributed by atoms with van der Waals surface area (Å²) in [5, 5.41) is 0. The van der Waals surface area contributed by atoms with Crippen LogP contribution >= 0.6 is 0 Å². The van der Waals surface area contributed by atoms with Gasteiger partial charge >= 0.3 is 17.9 Å². The molecule has 2 aromatic heterocycles. The number of anilines is 1. The number of imidazole rings is 1. The second-order valence-electron chi connectivity index (χ2n) is 7.61. The predicted molar refractivity (Wildman–Crippen MR) is 121 cm³/mol. The van der Waals surface area contributed by atoms with Crippen molar-refractivity contribution in [3.05, 3.63) is 47.9 Å². The molecule has 1 unspecified atom stereocenters. The SMILES string of the molecule is [2H]CC(=O)OC[C@H]1OC(n2cnc3c(C(=O)c4ccccc4)nc(N)nc32)[C@H](OC(=O)C[2H])[C@@H]1OC(=O)C[2H]. The number of nitrogens with two attached hydrogens (primary N) is 1. The normalized spacial score (nSPS) is 22.3. The zero-order valence-corrected chi connectivity index (χ0v) is 18.7. The first kappa shape index (κ1) is 20.9. The second kappa shape index (κ2) is 10.1. The summed E-state index contributed by atoms with van der Waals surface area (Å²) in [5.74, 6) is -3.59. The first-order valence-corrected chi connectivity index (χ1v) is 10.4. The van der Waals surface area contributed by atoms with Gasteiger partial charge in [0.25, 0.3) is 0 Å². The molecular weight excluding hydrogens is 474 g/mol. The molecule has 0 spiro atoms. The van der Waals surface area contributed by atoms with Crippen LogP contribution in [0.2, 0.25) is 0 Å². The largest absolute Gasteiger partial charge is 0.463 e. The summed E-state index contributed by atoms with van der Waals surface area (Å²) >= 11 is 0. The minimum Gasteiger partial charge on any atom is -0.463 e. The van der Waals surface area contributed by atoms with E-state index in [9.17, 15) is 19.2 Å². The molecule has 1 aliphatic rings. The van der Waals surface area contributed by atoms with Gasteiger partial charge in [0, 0.05) is 30.4 Å². The molecule has 13 heteroatoms. The third-order valence-corrected chi connectivity index (χ3v) is 5.19. The van der Waals surface area contributed by atoms with Crippen LogP contribution in [0.25, 0.3) is 11.2 Å². The zero-order valence-electron chi connectivity index (χ0n) is 21.7. The maximum atomic E-state index is 13.2. The van der Waals surface area contributed by atoms with Gasteiger partial charge in [-0.1, -0.05) is 30.3 Å². The number of hydrogen-bond donors (Lipinski definition) is 1. The molecule has 3 aromatic rings. The van der Waals surface area contributed by atoms with Crippen LogP contribution in [0, 0.1) is 0 Å². The molecular formula is C23H23N5O8. The smallest absolute Gasteiger partial charge is 0.303 e. The molecule has 13 nitrogen and oxygen atoms in total. The fourth-order valence-corrected chi connectivity index (χ4v) is 3.82. The molecule has 0 radical (unpaired) electrons. The van der Waals surface area contributed by atoms with Crippen molar-refractivity contribution >= 4 is 40.8 Å². The number of ether oxygens (including phenoxy) is 4. The number of esters is 3. The van der Waals surface area contributed by atoms with Crippen LogP contribution in [0.15, 0.2) is 36.7 Å². The topological polar surface area (TPSA) is 175 Å². The molecule has 4 rings (SSSR count). The Kier molecular flexibility index (Phi) is 5.86. The average molecular weight is 500 g/mol. The van der Waals surface area contributed by atoms with Gasteiger partial charge in [-0.3, -0.25) is 23.7 Å². The summed E-state index contributed by atoms with van der Waals surface area (Å²) < 4.78 is 44.7. The highest BCUT2D eigenvalue weighted by atomic mass is 16.7. The summed E-state index contributed by atoms with van der Waals surface area (Å²) in [7, 11) is 0. The number of aromatic nitrogens is 4. The van der Waals surface area contributed by atoms with Crippen molar-refractivity contribution in [2.45, 2.75) is 45.2 Å². The van der Waals surface area contributed by atoms with E-state index < -0.39 is 75.5 Å². The third kappa shape index (κ3) is 5.00. The van der Waals surface area contributed by atoms with Crippen molar-refractivity contribution in [3.63, 3.8) is 0 Å². The minimum absolute atomic E-state index is 0.0214. The monoisotopic (exact) mass is 500 g/mol. The van der Waals surface area contributed by atoms with E-state index in [4.69, 9.17) is 28.8 Å². The fourth-order valence-electron chi connectivity index (χ4n) is 3.82. The number of hydrogen-bond acceptors (Lipinski definition) is 12. The standard InChI is InChI=1S/C23H23N5O8/c1-11(29)33-9-15-19(34-12(2)30)20(35-13(3)31)22(36-15)28-10-25-17-16(26-23(24)27-21(17)28)18(32)14-7-5-4-6-8-14/h4-8,10,15,19-20,22H,9H2,1-3H3,(H2,24,26,27)/t15-,19-,20-,22?/m1/s1/i1D,2D,3D. The van der Waals surface area contributed by atoms with Gasteiger partial charge in [0.2, 0.25) is 11.7 Å². The Morgan fingerprint density at radius 3 is 2.42 bits per heavy atom. The van der Waals surface area contributed by atoms with Crippen LogP contribution in [0.1, 0.15) is 47.1 Å². The van der Waals surface area contributed by atoms with Crippen LogP contribution in [-0.2, 0) is 33.3 Å². The number of nitrogens with zero attached hydrogens (tertiary/aromatic N) is 4. The molecule has 2 N–H and O–H groups in total. The Bertz CT molecular complexity index is 1390. The molecule has 1 saturated heterocycles. The molecule has 0 saturated carbocycles. The molecule has 1 fully saturated rings. The fraction of sp³-hybridized carbons (Fsp3) is 0.348. The van der Waals surface area contributed by atoms with Gasteiger partial charge in [0.05, 0.1) is 6.33 Å². The molecule has 3 heterocycles. The minimum atomic E-state index is -1.40. The van der Waals surface area contributed by atoms with Gasteiger partial charge in [-0.15, -0.1) is 0 Å². The Labute approximate surface area is 208 Å². The van der Waals surface area contributed by atoms with Crippen LogP contribution < -0.4 is 5.73 Å². The Morgan fingerprint density at radius 2 is 1.72 bits per heavy atom. The lowest BCUT2D eigenvalue weighted by atomic mass is 10.1. The quantitative estimate of drug-likeness (QED) is 0.277. The Hall–Kier alpha value is -4.39. The summed E-state index contributed by atoms with van der Waals surface area (Å²) in [6, 6.07) is 8.28. The van der Waals surface area contributed by atoms with Crippen LogP contribution in [0.3, 0.4) is 0 Å². The number of benzene rings is 1. The lowest BCUT2D eigenvalue weighted by molar-refractivity contribution is -0.166. The predicted octanol–water partition coefficient (Wildman–Crippen LogP) is 0.963. The van der Waals surface area contributed by atoms with Gasteiger partial charge in [-0.05, 0) is 0 Å². The first-order chi connectivity index (χ1) is 18.8. The van der Waals surface area contributed by atoms with Gasteiger partial charge < -0.3 is 24.7 Å². The summed E-state index contributed by atoms with van der Waals surface area (Å²) in [4.78, 5) is 61.5. The second-order valence-corrected chi connectivity index (χ2v) is 7.61. The van der Waals surface area contributed by atoms with E-state index >= 15 is 0 Å². The van der Waals surface area contributed by atoms with Crippen LogP contribution in [0.5, 0.6) is 0 Å². The highest BCUT2D eigenvalue weighted by Gasteiger charge is 2.51. The molecule has 0 amide bonds. The summed E-state index contributed by atoms with van der Waals surface area (Å²) in [6.45, 7) is -2.69. The van der Waals surface area contributed by atoms with E-state index in [1.165, 1.54) is 10.9 Å². The van der Waals surface area contributed by atoms with Gasteiger partial charge in [0.1, 0.15) is 23.9 Å². The van der Waals surface area contributed by atoms with Crippen molar-refractivity contribution in [3.8, 4) is 0 Å². The molecule has 188 valence electrons. The van der Waals surface area contributed by atoms with E-state index in [0.717, 1.165) is 0 Å². The van der Waals surface area contributed by atoms with Crippen molar-refractivity contribution in [2.75, 3.05) is 12.3 Å². The Balaban J connectivity index is 1.78. The Morgan fingerprint density at radius 1 is 1.03 bits per heavy atom. The maximum Gasteiger partial charge on any atom is 0.303 e. The third-order valence-electron chi connectivity index (χ3n) is 5.19. The molecule has 36 heavy (non-hydrogen) atoms. The molecule has 0 bridgehead atoms. The highest BCUT2D eigenvalue weighted by Crippen LogP contribution is 2.36.